The number of rotatable bonds is 4. The van der Waals surface area contributed by atoms with Gasteiger partial charge in [-0.15, -0.1) is 0 Å². The van der Waals surface area contributed by atoms with Crippen LogP contribution in [0.2, 0.25) is 0 Å². The van der Waals surface area contributed by atoms with Crippen LogP contribution in [-0.4, -0.2) is 28.2 Å². The lowest BCUT2D eigenvalue weighted by Crippen LogP contribution is -2.33. The minimum Gasteiger partial charge on any atom is -0.315 e. The molecule has 3 aromatic rings. The number of amides is 1. The van der Waals surface area contributed by atoms with Gasteiger partial charge in [-0.3, -0.25) is 4.79 Å². The molecule has 3 rings (SSSR count). The van der Waals surface area contributed by atoms with Crippen molar-refractivity contribution < 1.29 is 4.79 Å². The van der Waals surface area contributed by atoms with Crippen LogP contribution < -0.4 is 4.90 Å². The molecule has 24 heavy (non-hydrogen) atoms. The fraction of sp³-hybridized carbons (Fsp3) is 0.211. The number of nitrogens with zero attached hydrogens (tertiary/aromatic N) is 3. The molecule has 1 amide bonds. The first-order valence-corrected chi connectivity index (χ1v) is 8.67. The van der Waals surface area contributed by atoms with E-state index in [1.165, 1.54) is 11.8 Å². The van der Waals surface area contributed by atoms with E-state index in [-0.39, 0.29) is 11.2 Å². The number of aromatic nitrogens is 2. The van der Waals surface area contributed by atoms with Gasteiger partial charge in [0.05, 0.1) is 22.0 Å². The molecule has 0 radical (unpaired) electrons. The van der Waals surface area contributed by atoms with Gasteiger partial charge in [0.1, 0.15) is 5.03 Å². The van der Waals surface area contributed by atoms with E-state index in [2.05, 4.69) is 9.97 Å². The molecule has 0 aliphatic heterocycles. The third-order valence-electron chi connectivity index (χ3n) is 3.81. The Kier molecular flexibility index (Phi) is 4.81. The van der Waals surface area contributed by atoms with Crippen molar-refractivity contribution in [3.8, 4) is 0 Å². The Labute approximate surface area is 145 Å². The van der Waals surface area contributed by atoms with Gasteiger partial charge in [-0.2, -0.15) is 0 Å². The first-order chi connectivity index (χ1) is 11.6. The number of carbonyl (C=O) groups excluding carboxylic acids is 1. The second-order valence-corrected chi connectivity index (χ2v) is 6.93. The van der Waals surface area contributed by atoms with Crippen LogP contribution in [0.5, 0.6) is 0 Å². The first kappa shape index (κ1) is 16.5. The fourth-order valence-electron chi connectivity index (χ4n) is 2.45. The van der Waals surface area contributed by atoms with Crippen molar-refractivity contribution in [3.63, 3.8) is 0 Å². The van der Waals surface area contributed by atoms with Gasteiger partial charge < -0.3 is 4.90 Å². The Hall–Kier alpha value is -2.40. The van der Waals surface area contributed by atoms with Gasteiger partial charge in [0.25, 0.3) is 0 Å². The van der Waals surface area contributed by atoms with Crippen molar-refractivity contribution in [1.82, 2.24) is 9.97 Å². The highest BCUT2D eigenvalue weighted by Gasteiger charge is 2.21. The third-order valence-corrected chi connectivity index (χ3v) is 4.98. The van der Waals surface area contributed by atoms with E-state index in [0.717, 1.165) is 27.4 Å². The Morgan fingerprint density at radius 2 is 1.58 bits per heavy atom. The first-order valence-electron chi connectivity index (χ1n) is 7.79. The number of carbonyl (C=O) groups is 1. The van der Waals surface area contributed by atoms with E-state index in [4.69, 9.17) is 0 Å². The number of anilines is 1. The van der Waals surface area contributed by atoms with Crippen LogP contribution in [0.4, 0.5) is 5.69 Å². The molecule has 1 aromatic heterocycles. The van der Waals surface area contributed by atoms with E-state index < -0.39 is 0 Å². The average molecular weight is 337 g/mol. The molecule has 0 bridgehead atoms. The Morgan fingerprint density at radius 3 is 2.25 bits per heavy atom. The Balaban J connectivity index is 1.80. The maximum Gasteiger partial charge on any atom is 0.239 e. The number of aryl methyl sites for hydroxylation is 1. The predicted octanol–water partition coefficient (Wildman–Crippen LogP) is 4.08. The summed E-state index contributed by atoms with van der Waals surface area (Å²) in [6.45, 7) is 3.84. The lowest BCUT2D eigenvalue weighted by molar-refractivity contribution is -0.117. The quantitative estimate of drug-likeness (QED) is 0.673. The molecule has 0 fully saturated rings. The summed E-state index contributed by atoms with van der Waals surface area (Å²) in [6, 6.07) is 17.4. The molecule has 0 spiro atoms. The molecule has 0 aliphatic carbocycles. The van der Waals surface area contributed by atoms with Crippen molar-refractivity contribution in [1.29, 1.82) is 0 Å². The second-order valence-electron chi connectivity index (χ2n) is 5.60. The topological polar surface area (TPSA) is 46.1 Å². The fourth-order valence-corrected chi connectivity index (χ4v) is 3.41. The second kappa shape index (κ2) is 7.01. The zero-order chi connectivity index (χ0) is 17.1. The van der Waals surface area contributed by atoms with E-state index in [9.17, 15) is 4.79 Å². The highest BCUT2D eigenvalue weighted by molar-refractivity contribution is 8.00. The number of para-hydroxylation sites is 3. The summed E-state index contributed by atoms with van der Waals surface area (Å²) in [6.07, 6.45) is 0. The molecule has 0 saturated heterocycles. The summed E-state index contributed by atoms with van der Waals surface area (Å²) in [4.78, 5) is 23.6. The van der Waals surface area contributed by atoms with E-state index in [1.807, 2.05) is 68.4 Å². The monoisotopic (exact) mass is 337 g/mol. The van der Waals surface area contributed by atoms with Crippen molar-refractivity contribution in [2.75, 3.05) is 11.9 Å². The lowest BCUT2D eigenvalue weighted by atomic mass is 10.3. The normalized spacial score (nSPS) is 12.1. The SMILES string of the molecule is Cc1nc2ccccc2nc1SC(C)C(=O)N(C)c1ccccc1. The van der Waals surface area contributed by atoms with Crippen molar-refractivity contribution in [2.45, 2.75) is 24.1 Å². The highest BCUT2D eigenvalue weighted by Crippen LogP contribution is 2.27. The number of hydrogen-bond acceptors (Lipinski definition) is 4. The number of benzene rings is 2. The third kappa shape index (κ3) is 3.41. The molecule has 5 heteroatoms. The largest absolute Gasteiger partial charge is 0.315 e. The van der Waals surface area contributed by atoms with Gasteiger partial charge in [-0.1, -0.05) is 42.1 Å². The van der Waals surface area contributed by atoms with Crippen LogP contribution >= 0.6 is 11.8 Å². The molecule has 122 valence electrons. The zero-order valence-electron chi connectivity index (χ0n) is 13.9. The number of fused-ring (bicyclic) bond motifs is 1. The minimum absolute atomic E-state index is 0.0422. The van der Waals surface area contributed by atoms with Crippen molar-refractivity contribution >= 4 is 34.4 Å². The Morgan fingerprint density at radius 1 is 1.00 bits per heavy atom. The standard InChI is InChI=1S/C19H19N3OS/c1-13-18(21-17-12-8-7-11-16(17)20-13)24-14(2)19(23)22(3)15-9-5-4-6-10-15/h4-12,14H,1-3H3. The summed E-state index contributed by atoms with van der Waals surface area (Å²) < 4.78 is 0. The van der Waals surface area contributed by atoms with Crippen LogP contribution in [0.1, 0.15) is 12.6 Å². The molecule has 1 heterocycles. The van der Waals surface area contributed by atoms with E-state index >= 15 is 0 Å². The predicted molar refractivity (Wildman–Crippen MR) is 99.4 cm³/mol. The molecule has 0 aliphatic rings. The van der Waals surface area contributed by atoms with Crippen LogP contribution in [0, 0.1) is 6.92 Å². The van der Waals surface area contributed by atoms with Crippen molar-refractivity contribution in [2.24, 2.45) is 0 Å². The molecule has 0 saturated carbocycles. The molecule has 2 aromatic carbocycles. The summed E-state index contributed by atoms with van der Waals surface area (Å²) in [5.41, 5.74) is 3.46. The van der Waals surface area contributed by atoms with Gasteiger partial charge in [0, 0.05) is 12.7 Å². The van der Waals surface area contributed by atoms with Crippen LogP contribution in [0.25, 0.3) is 11.0 Å². The van der Waals surface area contributed by atoms with Gasteiger partial charge in [-0.25, -0.2) is 9.97 Å². The molecular weight excluding hydrogens is 318 g/mol. The summed E-state index contributed by atoms with van der Waals surface area (Å²) in [5.74, 6) is 0.0422. The lowest BCUT2D eigenvalue weighted by Gasteiger charge is -2.21. The maximum absolute atomic E-state index is 12.7. The molecule has 0 N–H and O–H groups in total. The van der Waals surface area contributed by atoms with Gasteiger partial charge in [0.2, 0.25) is 5.91 Å². The summed E-state index contributed by atoms with van der Waals surface area (Å²) in [7, 11) is 1.80. The zero-order valence-corrected chi connectivity index (χ0v) is 14.7. The highest BCUT2D eigenvalue weighted by atomic mass is 32.2. The van der Waals surface area contributed by atoms with E-state index in [1.54, 1.807) is 11.9 Å². The van der Waals surface area contributed by atoms with Crippen LogP contribution in [0.3, 0.4) is 0 Å². The minimum atomic E-state index is -0.246. The Bertz CT molecular complexity index is 867. The summed E-state index contributed by atoms with van der Waals surface area (Å²) >= 11 is 1.45. The number of hydrogen-bond donors (Lipinski definition) is 0. The summed E-state index contributed by atoms with van der Waals surface area (Å²) in [5, 5.41) is 0.556. The smallest absolute Gasteiger partial charge is 0.239 e. The van der Waals surface area contributed by atoms with Gasteiger partial charge in [-0.05, 0) is 38.1 Å². The molecular formula is C19H19N3OS. The molecule has 4 nitrogen and oxygen atoms in total. The van der Waals surface area contributed by atoms with Crippen LogP contribution in [-0.2, 0) is 4.79 Å². The average Bonchev–Trinajstić information content (AvgIpc) is 2.61. The number of thioether (sulfide) groups is 1. The van der Waals surface area contributed by atoms with E-state index in [0.29, 0.717) is 0 Å². The molecule has 1 atom stereocenters. The molecule has 1 unspecified atom stereocenters. The maximum atomic E-state index is 12.7. The van der Waals surface area contributed by atoms with Crippen LogP contribution in [0.15, 0.2) is 59.6 Å². The van der Waals surface area contributed by atoms with Gasteiger partial charge >= 0.3 is 0 Å². The van der Waals surface area contributed by atoms with Crippen molar-refractivity contribution in [3.05, 3.63) is 60.3 Å². The van der Waals surface area contributed by atoms with Gasteiger partial charge in [0.15, 0.2) is 0 Å².